The van der Waals surface area contributed by atoms with Crippen molar-refractivity contribution in [3.05, 3.63) is 36.4 Å². The summed E-state index contributed by atoms with van der Waals surface area (Å²) in [4.78, 5) is 31.4. The quantitative estimate of drug-likeness (QED) is 0.424. The Morgan fingerprint density at radius 3 is 2.58 bits per heavy atom. The normalized spacial score (nSPS) is 18.6. The number of likely N-dealkylation sites (tertiary alicyclic amines) is 2. The van der Waals surface area contributed by atoms with Crippen molar-refractivity contribution in [1.29, 1.82) is 0 Å². The standard InChI is InChI=1S/C27H45N7O2/c1-23(2)19-31-15-6-27(7-16-31)8-17-32(22-27)12-4-13-34-18-11-30-25(34)21-33(14-5-26(35)36-3)20-24-28-9-10-29-24/h9-11,18,23H,4-8,12-17,19-22H2,1-3H3,(H,28,29). The number of aryl methyl sites for hydroxylation is 1. The minimum Gasteiger partial charge on any atom is -0.469 e. The molecule has 0 aliphatic carbocycles. The molecule has 0 saturated carbocycles. The second-order valence-corrected chi connectivity index (χ2v) is 11.2. The Morgan fingerprint density at radius 1 is 1.11 bits per heavy atom. The molecule has 2 aliphatic rings. The summed E-state index contributed by atoms with van der Waals surface area (Å²) in [5.41, 5.74) is 0.555. The molecule has 1 spiro atoms. The maximum Gasteiger partial charge on any atom is 0.306 e. The van der Waals surface area contributed by atoms with Crippen LogP contribution in [0.15, 0.2) is 24.8 Å². The van der Waals surface area contributed by atoms with Gasteiger partial charge in [-0.1, -0.05) is 13.8 Å². The molecule has 2 aromatic rings. The highest BCUT2D eigenvalue weighted by molar-refractivity contribution is 5.69. The second-order valence-electron chi connectivity index (χ2n) is 11.2. The van der Waals surface area contributed by atoms with Crippen LogP contribution in [-0.4, -0.2) is 93.1 Å². The molecule has 1 N–H and O–H groups in total. The van der Waals surface area contributed by atoms with Gasteiger partial charge in [0.15, 0.2) is 0 Å². The number of methoxy groups -OCH3 is 1. The van der Waals surface area contributed by atoms with Gasteiger partial charge in [0, 0.05) is 51.0 Å². The number of nitrogens with one attached hydrogen (secondary N) is 1. The summed E-state index contributed by atoms with van der Waals surface area (Å²) in [5.74, 6) is 2.48. The molecule has 4 heterocycles. The lowest BCUT2D eigenvalue weighted by molar-refractivity contribution is -0.141. The molecular formula is C27H45N7O2. The Hall–Kier alpha value is -2.23. The van der Waals surface area contributed by atoms with Crippen molar-refractivity contribution >= 4 is 5.97 Å². The van der Waals surface area contributed by atoms with Gasteiger partial charge in [-0.05, 0) is 63.2 Å². The topological polar surface area (TPSA) is 82.5 Å². The maximum absolute atomic E-state index is 11.7. The summed E-state index contributed by atoms with van der Waals surface area (Å²) >= 11 is 0. The molecule has 36 heavy (non-hydrogen) atoms. The van der Waals surface area contributed by atoms with Gasteiger partial charge >= 0.3 is 5.97 Å². The number of rotatable bonds is 13. The van der Waals surface area contributed by atoms with Gasteiger partial charge in [-0.15, -0.1) is 0 Å². The van der Waals surface area contributed by atoms with E-state index in [1.807, 2.05) is 12.4 Å². The molecule has 2 fully saturated rings. The summed E-state index contributed by atoms with van der Waals surface area (Å²) in [5, 5.41) is 0. The van der Waals surface area contributed by atoms with Crippen molar-refractivity contribution in [3.63, 3.8) is 0 Å². The van der Waals surface area contributed by atoms with E-state index in [0.717, 1.165) is 37.1 Å². The number of carbonyl (C=O) groups is 1. The van der Waals surface area contributed by atoms with E-state index in [-0.39, 0.29) is 5.97 Å². The molecule has 0 amide bonds. The van der Waals surface area contributed by atoms with Gasteiger partial charge in [0.2, 0.25) is 0 Å². The third kappa shape index (κ3) is 7.63. The summed E-state index contributed by atoms with van der Waals surface area (Å²) in [7, 11) is 1.43. The van der Waals surface area contributed by atoms with Crippen LogP contribution < -0.4 is 0 Å². The monoisotopic (exact) mass is 499 g/mol. The predicted octanol–water partition coefficient (Wildman–Crippen LogP) is 3.01. The number of aromatic nitrogens is 4. The lowest BCUT2D eigenvalue weighted by Gasteiger charge is -2.40. The fraction of sp³-hybridized carbons (Fsp3) is 0.741. The maximum atomic E-state index is 11.7. The lowest BCUT2D eigenvalue weighted by atomic mass is 9.77. The van der Waals surface area contributed by atoms with E-state index in [1.165, 1.54) is 59.1 Å². The Morgan fingerprint density at radius 2 is 1.89 bits per heavy atom. The number of imidazole rings is 2. The van der Waals surface area contributed by atoms with Crippen LogP contribution in [0.25, 0.3) is 0 Å². The van der Waals surface area contributed by atoms with Gasteiger partial charge in [-0.25, -0.2) is 9.97 Å². The molecule has 0 unspecified atom stereocenters. The van der Waals surface area contributed by atoms with Gasteiger partial charge in [0.25, 0.3) is 0 Å². The Labute approximate surface area is 216 Å². The van der Waals surface area contributed by atoms with Gasteiger partial charge in [0.1, 0.15) is 11.6 Å². The predicted molar refractivity (Wildman–Crippen MR) is 140 cm³/mol. The number of H-pyrrole nitrogens is 1. The molecular weight excluding hydrogens is 454 g/mol. The molecule has 0 bridgehead atoms. The van der Waals surface area contributed by atoms with E-state index in [1.54, 1.807) is 6.20 Å². The van der Waals surface area contributed by atoms with Gasteiger partial charge < -0.3 is 24.1 Å². The van der Waals surface area contributed by atoms with Crippen LogP contribution in [-0.2, 0) is 29.2 Å². The van der Waals surface area contributed by atoms with Gasteiger partial charge in [-0.2, -0.15) is 0 Å². The molecule has 9 heteroatoms. The highest BCUT2D eigenvalue weighted by atomic mass is 16.5. The number of ether oxygens (including phenoxy) is 1. The average molecular weight is 500 g/mol. The minimum atomic E-state index is -0.197. The Kier molecular flexibility index (Phi) is 9.56. The van der Waals surface area contributed by atoms with Gasteiger partial charge in [0.05, 0.1) is 26.6 Å². The van der Waals surface area contributed by atoms with E-state index in [2.05, 4.69) is 54.3 Å². The fourth-order valence-corrected chi connectivity index (χ4v) is 5.87. The van der Waals surface area contributed by atoms with E-state index in [4.69, 9.17) is 4.74 Å². The molecule has 9 nitrogen and oxygen atoms in total. The summed E-state index contributed by atoms with van der Waals surface area (Å²) in [6, 6.07) is 0. The first-order valence-electron chi connectivity index (χ1n) is 13.7. The molecule has 4 rings (SSSR count). The van der Waals surface area contributed by atoms with E-state index < -0.39 is 0 Å². The van der Waals surface area contributed by atoms with Crippen LogP contribution in [0.1, 0.15) is 57.6 Å². The molecule has 2 aliphatic heterocycles. The zero-order chi connectivity index (χ0) is 25.4. The summed E-state index contributed by atoms with van der Waals surface area (Å²) in [6.45, 7) is 15.0. The number of piperidine rings is 1. The van der Waals surface area contributed by atoms with E-state index in [9.17, 15) is 4.79 Å². The van der Waals surface area contributed by atoms with E-state index >= 15 is 0 Å². The summed E-state index contributed by atoms with van der Waals surface area (Å²) in [6.07, 6.45) is 13.1. The van der Waals surface area contributed by atoms with Crippen molar-refractivity contribution in [2.45, 2.75) is 65.6 Å². The molecule has 2 aromatic heterocycles. The average Bonchev–Trinajstić information content (AvgIpc) is 3.62. The van der Waals surface area contributed by atoms with Crippen LogP contribution in [0, 0.1) is 11.3 Å². The number of esters is 1. The van der Waals surface area contributed by atoms with Crippen LogP contribution in [0.5, 0.6) is 0 Å². The van der Waals surface area contributed by atoms with Crippen molar-refractivity contribution in [2.75, 3.05) is 52.9 Å². The highest BCUT2D eigenvalue weighted by Crippen LogP contribution is 2.40. The first kappa shape index (κ1) is 26.8. The van der Waals surface area contributed by atoms with E-state index in [0.29, 0.717) is 31.5 Å². The molecule has 0 atom stereocenters. The number of aromatic amines is 1. The number of hydrogen-bond acceptors (Lipinski definition) is 7. The fourth-order valence-electron chi connectivity index (χ4n) is 5.87. The first-order valence-corrected chi connectivity index (χ1v) is 13.7. The molecule has 0 radical (unpaired) electrons. The van der Waals surface area contributed by atoms with Crippen molar-refractivity contribution < 1.29 is 9.53 Å². The first-order chi connectivity index (χ1) is 17.4. The third-order valence-electron chi connectivity index (χ3n) is 7.89. The SMILES string of the molecule is COC(=O)CCN(Cc1ncc[nH]1)Cc1nccn1CCCN1CCC2(CCN(CC(C)C)CC2)C1. The number of hydrogen-bond donors (Lipinski definition) is 1. The smallest absolute Gasteiger partial charge is 0.306 e. The zero-order valence-corrected chi connectivity index (χ0v) is 22.5. The molecule has 2 saturated heterocycles. The Bertz CT molecular complexity index is 918. The Balaban J connectivity index is 1.24. The van der Waals surface area contributed by atoms with Crippen LogP contribution >= 0.6 is 0 Å². The van der Waals surface area contributed by atoms with Crippen molar-refractivity contribution in [2.24, 2.45) is 11.3 Å². The van der Waals surface area contributed by atoms with Gasteiger partial charge in [-0.3, -0.25) is 9.69 Å². The lowest BCUT2D eigenvalue weighted by Crippen LogP contribution is -2.42. The van der Waals surface area contributed by atoms with Crippen molar-refractivity contribution in [1.82, 2.24) is 34.2 Å². The highest BCUT2D eigenvalue weighted by Gasteiger charge is 2.40. The largest absolute Gasteiger partial charge is 0.469 e. The molecule has 0 aromatic carbocycles. The van der Waals surface area contributed by atoms with Crippen LogP contribution in [0.4, 0.5) is 0 Å². The number of carbonyl (C=O) groups excluding carboxylic acids is 1. The third-order valence-corrected chi connectivity index (χ3v) is 7.89. The minimum absolute atomic E-state index is 0.197. The summed E-state index contributed by atoms with van der Waals surface area (Å²) < 4.78 is 7.11. The van der Waals surface area contributed by atoms with Crippen molar-refractivity contribution in [3.8, 4) is 0 Å². The second kappa shape index (κ2) is 12.8. The van der Waals surface area contributed by atoms with Crippen LogP contribution in [0.3, 0.4) is 0 Å². The number of nitrogens with zero attached hydrogens (tertiary/aromatic N) is 6. The zero-order valence-electron chi connectivity index (χ0n) is 22.5. The molecule has 200 valence electrons. The van der Waals surface area contributed by atoms with Crippen LogP contribution in [0.2, 0.25) is 0 Å².